The molecule has 4 rings (SSSR count). The molecule has 5 heteroatoms. The highest BCUT2D eigenvalue weighted by Gasteiger charge is 2.45. The molecule has 3 aromatic rings. The van der Waals surface area contributed by atoms with Crippen molar-refractivity contribution in [1.29, 1.82) is 0 Å². The lowest BCUT2D eigenvalue weighted by molar-refractivity contribution is 0.416. The van der Waals surface area contributed by atoms with E-state index in [2.05, 4.69) is 88.0 Å². The lowest BCUT2D eigenvalue weighted by atomic mass is 9.88. The summed E-state index contributed by atoms with van der Waals surface area (Å²) in [5, 5.41) is 8.88. The quantitative estimate of drug-likeness (QED) is 0.342. The number of aromatic nitrogens is 3. The first kappa shape index (κ1) is 20.9. The number of fused-ring (bicyclic) bond motifs is 1. The average molecular weight is 465 g/mol. The number of unbranched alkanes of at least 4 members (excludes halogenated alkanes) is 3. The third kappa shape index (κ3) is 3.71. The zero-order valence-electron chi connectivity index (χ0n) is 17.8. The molecule has 0 saturated heterocycles. The molecule has 0 spiro atoms. The van der Waals surface area contributed by atoms with E-state index in [-0.39, 0.29) is 5.54 Å². The maximum absolute atomic E-state index is 4.50. The number of para-hydroxylation sites is 2. The van der Waals surface area contributed by atoms with Crippen molar-refractivity contribution in [1.82, 2.24) is 15.0 Å². The Morgan fingerprint density at radius 1 is 1.00 bits per heavy atom. The van der Waals surface area contributed by atoms with Crippen LogP contribution in [-0.2, 0) is 6.54 Å². The van der Waals surface area contributed by atoms with E-state index in [4.69, 9.17) is 0 Å². The van der Waals surface area contributed by atoms with Gasteiger partial charge in [0.15, 0.2) is 0 Å². The SMILES string of the molecule is C=C1C(Br)=C(CCCCCC)C(C)(Cn2nnc3ccccc32)N1c1ccccc1. The number of nitrogens with zero attached hydrogens (tertiary/aromatic N) is 4. The third-order valence-corrected chi connectivity index (χ3v) is 7.04. The fourth-order valence-electron chi connectivity index (χ4n) is 4.56. The molecule has 156 valence electrons. The topological polar surface area (TPSA) is 34.0 Å². The Labute approximate surface area is 187 Å². The van der Waals surface area contributed by atoms with E-state index in [9.17, 15) is 0 Å². The first-order chi connectivity index (χ1) is 14.6. The summed E-state index contributed by atoms with van der Waals surface area (Å²) in [7, 11) is 0. The van der Waals surface area contributed by atoms with Gasteiger partial charge in [-0.15, -0.1) is 5.10 Å². The van der Waals surface area contributed by atoms with E-state index >= 15 is 0 Å². The number of allylic oxidation sites excluding steroid dienone is 1. The van der Waals surface area contributed by atoms with Gasteiger partial charge in [0.25, 0.3) is 0 Å². The van der Waals surface area contributed by atoms with Crippen molar-refractivity contribution in [3.63, 3.8) is 0 Å². The highest BCUT2D eigenvalue weighted by atomic mass is 79.9. The minimum Gasteiger partial charge on any atom is -0.329 e. The van der Waals surface area contributed by atoms with Crippen LogP contribution in [0.4, 0.5) is 5.69 Å². The molecule has 1 aliphatic rings. The van der Waals surface area contributed by atoms with E-state index in [1.807, 2.05) is 22.9 Å². The first-order valence-corrected chi connectivity index (χ1v) is 11.6. The molecule has 2 aromatic carbocycles. The fraction of sp³-hybridized carbons (Fsp3) is 0.360. The van der Waals surface area contributed by atoms with Crippen molar-refractivity contribution in [3.05, 3.63) is 76.9 Å². The van der Waals surface area contributed by atoms with E-state index < -0.39 is 0 Å². The second kappa shape index (κ2) is 8.76. The zero-order valence-corrected chi connectivity index (χ0v) is 19.4. The molecule has 30 heavy (non-hydrogen) atoms. The van der Waals surface area contributed by atoms with Gasteiger partial charge in [0.05, 0.1) is 17.6 Å². The van der Waals surface area contributed by atoms with Crippen molar-refractivity contribution in [2.45, 2.75) is 58.0 Å². The normalized spacial score (nSPS) is 19.3. The number of benzene rings is 2. The van der Waals surface area contributed by atoms with Crippen molar-refractivity contribution >= 4 is 32.7 Å². The first-order valence-electron chi connectivity index (χ1n) is 10.8. The fourth-order valence-corrected chi connectivity index (χ4v) is 5.36. The van der Waals surface area contributed by atoms with Crippen LogP contribution >= 0.6 is 15.9 Å². The predicted octanol–water partition coefficient (Wildman–Crippen LogP) is 6.84. The van der Waals surface area contributed by atoms with Crippen molar-refractivity contribution in [3.8, 4) is 0 Å². The van der Waals surface area contributed by atoms with Gasteiger partial charge >= 0.3 is 0 Å². The molecule has 0 amide bonds. The molecule has 1 aromatic heterocycles. The summed E-state index contributed by atoms with van der Waals surface area (Å²) in [6.07, 6.45) is 6.00. The van der Waals surface area contributed by atoms with E-state index in [1.54, 1.807) is 0 Å². The van der Waals surface area contributed by atoms with Gasteiger partial charge < -0.3 is 4.90 Å². The van der Waals surface area contributed by atoms with Crippen LogP contribution in [0.15, 0.2) is 76.9 Å². The van der Waals surface area contributed by atoms with Crippen molar-refractivity contribution < 1.29 is 0 Å². The van der Waals surface area contributed by atoms with Crippen LogP contribution in [0.1, 0.15) is 46.0 Å². The number of anilines is 1. The molecule has 0 aliphatic carbocycles. The largest absolute Gasteiger partial charge is 0.329 e. The minimum atomic E-state index is -0.278. The second-order valence-electron chi connectivity index (χ2n) is 8.23. The Bertz CT molecular complexity index is 1070. The monoisotopic (exact) mass is 464 g/mol. The Balaban J connectivity index is 1.75. The van der Waals surface area contributed by atoms with Gasteiger partial charge in [-0.2, -0.15) is 0 Å². The Morgan fingerprint density at radius 2 is 1.73 bits per heavy atom. The molecule has 0 radical (unpaired) electrons. The molecule has 0 saturated carbocycles. The van der Waals surface area contributed by atoms with Gasteiger partial charge in [-0.1, -0.05) is 68.3 Å². The molecule has 0 bridgehead atoms. The Kier molecular flexibility index (Phi) is 6.09. The van der Waals surface area contributed by atoms with Gasteiger partial charge in [0.1, 0.15) is 5.52 Å². The van der Waals surface area contributed by atoms with Gasteiger partial charge in [-0.05, 0) is 65.5 Å². The molecule has 1 aliphatic heterocycles. The van der Waals surface area contributed by atoms with Crippen LogP contribution in [0.25, 0.3) is 11.0 Å². The minimum absolute atomic E-state index is 0.278. The van der Waals surface area contributed by atoms with Crippen LogP contribution in [0, 0.1) is 0 Å². The molecule has 4 nitrogen and oxygen atoms in total. The van der Waals surface area contributed by atoms with E-state index in [0.717, 1.165) is 33.3 Å². The molecule has 0 N–H and O–H groups in total. The van der Waals surface area contributed by atoms with Crippen molar-refractivity contribution in [2.24, 2.45) is 0 Å². The van der Waals surface area contributed by atoms with Gasteiger partial charge in [-0.3, -0.25) is 0 Å². The standard InChI is InChI=1S/C25H29BrN4/c1-4-5-6-10-15-21-24(26)19(2)30(20-13-8-7-9-14-20)25(21,3)18-29-23-17-12-11-16-22(23)27-28-29/h7-9,11-14,16-17H,2,4-6,10,15,18H2,1,3H3. The molecule has 0 fully saturated rings. The third-order valence-electron chi connectivity index (χ3n) is 6.10. The van der Waals surface area contributed by atoms with Crippen LogP contribution in [0.5, 0.6) is 0 Å². The van der Waals surface area contributed by atoms with Crippen LogP contribution in [0.2, 0.25) is 0 Å². The van der Waals surface area contributed by atoms with Crippen molar-refractivity contribution in [2.75, 3.05) is 4.90 Å². The molecule has 1 atom stereocenters. The smallest absolute Gasteiger partial charge is 0.113 e. The lowest BCUT2D eigenvalue weighted by Gasteiger charge is -2.40. The van der Waals surface area contributed by atoms with Gasteiger partial charge in [0, 0.05) is 15.9 Å². The predicted molar refractivity (Wildman–Crippen MR) is 129 cm³/mol. The summed E-state index contributed by atoms with van der Waals surface area (Å²) in [6.45, 7) is 9.72. The highest BCUT2D eigenvalue weighted by Crippen LogP contribution is 2.48. The molecular formula is C25H29BrN4. The average Bonchev–Trinajstić information content (AvgIpc) is 3.24. The molecule has 2 heterocycles. The summed E-state index contributed by atoms with van der Waals surface area (Å²) in [5.41, 5.74) is 5.27. The van der Waals surface area contributed by atoms with Crippen LogP contribution in [-0.4, -0.2) is 20.5 Å². The Hall–Kier alpha value is -2.40. The second-order valence-corrected chi connectivity index (χ2v) is 9.02. The van der Waals surface area contributed by atoms with Gasteiger partial charge in [-0.25, -0.2) is 4.68 Å². The number of hydrogen-bond donors (Lipinski definition) is 0. The van der Waals surface area contributed by atoms with Crippen LogP contribution in [0.3, 0.4) is 0 Å². The summed E-state index contributed by atoms with van der Waals surface area (Å²) in [5.74, 6) is 0. The number of halogens is 1. The Morgan fingerprint density at radius 3 is 2.50 bits per heavy atom. The van der Waals surface area contributed by atoms with Gasteiger partial charge in [0.2, 0.25) is 0 Å². The molecule has 1 unspecified atom stereocenters. The maximum Gasteiger partial charge on any atom is 0.113 e. The number of rotatable bonds is 8. The lowest BCUT2D eigenvalue weighted by Crippen LogP contribution is -2.47. The number of hydrogen-bond acceptors (Lipinski definition) is 3. The molecular weight excluding hydrogens is 436 g/mol. The summed E-state index contributed by atoms with van der Waals surface area (Å²) in [4.78, 5) is 2.36. The van der Waals surface area contributed by atoms with E-state index in [1.165, 1.54) is 31.3 Å². The summed E-state index contributed by atoms with van der Waals surface area (Å²) in [6, 6.07) is 18.7. The van der Waals surface area contributed by atoms with Crippen LogP contribution < -0.4 is 4.90 Å². The summed E-state index contributed by atoms with van der Waals surface area (Å²) >= 11 is 3.90. The highest BCUT2D eigenvalue weighted by molar-refractivity contribution is 9.12. The zero-order chi connectivity index (χ0) is 21.1. The maximum atomic E-state index is 4.50. The summed E-state index contributed by atoms with van der Waals surface area (Å²) < 4.78 is 3.17. The van der Waals surface area contributed by atoms with E-state index in [0.29, 0.717) is 6.54 Å².